The van der Waals surface area contributed by atoms with Gasteiger partial charge in [0, 0.05) is 12.5 Å². The predicted octanol–water partition coefficient (Wildman–Crippen LogP) is 3.77. The summed E-state index contributed by atoms with van der Waals surface area (Å²) in [6, 6.07) is 5.31. The van der Waals surface area contributed by atoms with E-state index in [2.05, 4.69) is 11.2 Å². The van der Waals surface area contributed by atoms with Gasteiger partial charge >= 0.3 is 6.18 Å². The van der Waals surface area contributed by atoms with Crippen LogP contribution in [0.4, 0.5) is 13.2 Å². The van der Waals surface area contributed by atoms with Gasteiger partial charge < -0.3 is 5.32 Å². The van der Waals surface area contributed by atoms with Crippen molar-refractivity contribution in [2.45, 2.75) is 31.5 Å². The van der Waals surface area contributed by atoms with Crippen molar-refractivity contribution in [1.29, 1.82) is 0 Å². The van der Waals surface area contributed by atoms with Crippen LogP contribution in [0.1, 0.15) is 36.4 Å². The Hall–Kier alpha value is -1.47. The number of alkyl halides is 3. The minimum atomic E-state index is -4.30. The van der Waals surface area contributed by atoms with Gasteiger partial charge in [-0.15, -0.1) is 12.3 Å². The van der Waals surface area contributed by atoms with Gasteiger partial charge in [0.25, 0.3) is 0 Å². The van der Waals surface area contributed by atoms with E-state index in [1.54, 1.807) is 13.1 Å². The summed E-state index contributed by atoms with van der Waals surface area (Å²) >= 11 is 0. The van der Waals surface area contributed by atoms with Crippen LogP contribution in [0.15, 0.2) is 24.3 Å². The summed E-state index contributed by atoms with van der Waals surface area (Å²) in [6.07, 6.45) is 3.01. The summed E-state index contributed by atoms with van der Waals surface area (Å²) in [6.45, 7) is 0. The van der Waals surface area contributed by atoms with Crippen molar-refractivity contribution < 1.29 is 13.2 Å². The Balaban J connectivity index is 2.83. The van der Waals surface area contributed by atoms with E-state index in [1.165, 1.54) is 12.1 Å². The number of rotatable bonds is 5. The summed E-state index contributed by atoms with van der Waals surface area (Å²) in [4.78, 5) is 0. The molecule has 1 unspecified atom stereocenters. The van der Waals surface area contributed by atoms with Gasteiger partial charge in [0.2, 0.25) is 0 Å². The van der Waals surface area contributed by atoms with E-state index in [4.69, 9.17) is 6.42 Å². The third kappa shape index (κ3) is 4.08. The summed E-state index contributed by atoms with van der Waals surface area (Å²) < 4.78 is 37.8. The molecule has 1 N–H and O–H groups in total. The second kappa shape index (κ2) is 6.46. The average Bonchev–Trinajstić information content (AvgIpc) is 2.34. The fraction of sp³-hybridized carbons (Fsp3) is 0.429. The molecular formula is C14H16F3N. The lowest BCUT2D eigenvalue weighted by molar-refractivity contribution is -0.137. The quantitative estimate of drug-likeness (QED) is 0.624. The van der Waals surface area contributed by atoms with Crippen molar-refractivity contribution >= 4 is 0 Å². The van der Waals surface area contributed by atoms with E-state index in [0.29, 0.717) is 12.0 Å². The molecule has 1 rings (SSSR count). The lowest BCUT2D eigenvalue weighted by Crippen LogP contribution is -2.17. The van der Waals surface area contributed by atoms with E-state index < -0.39 is 11.7 Å². The Morgan fingerprint density at radius 1 is 1.39 bits per heavy atom. The minimum Gasteiger partial charge on any atom is -0.313 e. The second-order valence-electron chi connectivity index (χ2n) is 4.06. The minimum absolute atomic E-state index is 0.0966. The molecule has 0 fully saturated rings. The van der Waals surface area contributed by atoms with Crippen LogP contribution in [0.3, 0.4) is 0 Å². The molecular weight excluding hydrogens is 239 g/mol. The molecule has 1 aromatic carbocycles. The monoisotopic (exact) mass is 255 g/mol. The Kier molecular flexibility index (Phi) is 5.24. The number of unbranched alkanes of at least 4 members (excludes halogenated alkanes) is 1. The van der Waals surface area contributed by atoms with E-state index >= 15 is 0 Å². The average molecular weight is 255 g/mol. The molecule has 1 nitrogen and oxygen atoms in total. The van der Waals surface area contributed by atoms with Crippen molar-refractivity contribution in [3.63, 3.8) is 0 Å². The molecule has 0 aliphatic heterocycles. The highest BCUT2D eigenvalue weighted by molar-refractivity contribution is 5.28. The maximum atomic E-state index is 12.6. The Bertz CT molecular complexity index is 418. The molecule has 0 aromatic heterocycles. The Morgan fingerprint density at radius 3 is 2.67 bits per heavy atom. The van der Waals surface area contributed by atoms with E-state index in [9.17, 15) is 13.2 Å². The van der Waals surface area contributed by atoms with Crippen LogP contribution in [0, 0.1) is 12.3 Å². The molecule has 1 atom stereocenters. The van der Waals surface area contributed by atoms with Crippen molar-refractivity contribution in [3.8, 4) is 12.3 Å². The molecule has 0 radical (unpaired) electrons. The topological polar surface area (TPSA) is 12.0 Å². The summed E-state index contributed by atoms with van der Waals surface area (Å²) in [5.74, 6) is 2.53. The standard InChI is InChI=1S/C14H16F3N/c1-3-4-5-9-13(18-2)11-7-6-8-12(10-11)14(15,16)17/h1,6-8,10,13,18H,4-5,9H2,2H3. The van der Waals surface area contributed by atoms with Gasteiger partial charge in [0.1, 0.15) is 0 Å². The van der Waals surface area contributed by atoms with Crippen LogP contribution in [-0.2, 0) is 6.18 Å². The van der Waals surface area contributed by atoms with Crippen LogP contribution in [-0.4, -0.2) is 7.05 Å². The molecule has 98 valence electrons. The van der Waals surface area contributed by atoms with Crippen LogP contribution < -0.4 is 5.32 Å². The van der Waals surface area contributed by atoms with E-state index in [-0.39, 0.29) is 6.04 Å². The number of nitrogens with one attached hydrogen (secondary N) is 1. The van der Waals surface area contributed by atoms with E-state index in [0.717, 1.165) is 18.9 Å². The van der Waals surface area contributed by atoms with Gasteiger partial charge in [-0.2, -0.15) is 13.2 Å². The molecule has 0 spiro atoms. The highest BCUT2D eigenvalue weighted by Gasteiger charge is 2.30. The number of benzene rings is 1. The second-order valence-corrected chi connectivity index (χ2v) is 4.06. The maximum absolute atomic E-state index is 12.6. The zero-order valence-electron chi connectivity index (χ0n) is 10.2. The van der Waals surface area contributed by atoms with Crippen molar-refractivity contribution in [3.05, 3.63) is 35.4 Å². The number of terminal acetylenes is 1. The van der Waals surface area contributed by atoms with Gasteiger partial charge in [-0.05, 0) is 37.6 Å². The fourth-order valence-corrected chi connectivity index (χ4v) is 1.82. The highest BCUT2D eigenvalue weighted by Crippen LogP contribution is 2.31. The number of halogens is 3. The molecule has 0 amide bonds. The smallest absolute Gasteiger partial charge is 0.313 e. The molecule has 0 aliphatic rings. The first kappa shape index (κ1) is 14.6. The first-order valence-electron chi connectivity index (χ1n) is 5.77. The van der Waals surface area contributed by atoms with Gasteiger partial charge in [-0.1, -0.05) is 12.1 Å². The Labute approximate surface area is 105 Å². The maximum Gasteiger partial charge on any atom is 0.416 e. The predicted molar refractivity (Wildman–Crippen MR) is 65.9 cm³/mol. The van der Waals surface area contributed by atoms with Crippen LogP contribution >= 0.6 is 0 Å². The lowest BCUT2D eigenvalue weighted by Gasteiger charge is -2.17. The number of hydrogen-bond donors (Lipinski definition) is 1. The molecule has 18 heavy (non-hydrogen) atoms. The molecule has 0 saturated carbocycles. The van der Waals surface area contributed by atoms with Gasteiger partial charge in [-0.25, -0.2) is 0 Å². The van der Waals surface area contributed by atoms with Crippen molar-refractivity contribution in [1.82, 2.24) is 5.32 Å². The zero-order valence-corrected chi connectivity index (χ0v) is 10.2. The lowest BCUT2D eigenvalue weighted by atomic mass is 9.99. The molecule has 0 saturated heterocycles. The van der Waals surface area contributed by atoms with Crippen LogP contribution in [0.2, 0.25) is 0 Å². The molecule has 0 aliphatic carbocycles. The zero-order chi connectivity index (χ0) is 13.6. The third-order valence-electron chi connectivity index (χ3n) is 2.78. The number of hydrogen-bond acceptors (Lipinski definition) is 1. The Morgan fingerprint density at radius 2 is 2.11 bits per heavy atom. The van der Waals surface area contributed by atoms with Crippen molar-refractivity contribution in [2.75, 3.05) is 7.05 Å². The first-order valence-corrected chi connectivity index (χ1v) is 5.77. The molecule has 0 bridgehead atoms. The van der Waals surface area contributed by atoms with Crippen LogP contribution in [0.5, 0.6) is 0 Å². The fourth-order valence-electron chi connectivity index (χ4n) is 1.82. The molecule has 1 aromatic rings. The normalized spacial score (nSPS) is 13.1. The first-order chi connectivity index (χ1) is 8.49. The van der Waals surface area contributed by atoms with E-state index in [1.807, 2.05) is 0 Å². The molecule has 0 heterocycles. The summed E-state index contributed by atoms with van der Waals surface area (Å²) in [5, 5.41) is 3.02. The third-order valence-corrected chi connectivity index (χ3v) is 2.78. The molecule has 4 heteroatoms. The van der Waals surface area contributed by atoms with Gasteiger partial charge in [0.15, 0.2) is 0 Å². The summed E-state index contributed by atoms with van der Waals surface area (Å²) in [5.41, 5.74) is 0.0292. The summed E-state index contributed by atoms with van der Waals surface area (Å²) in [7, 11) is 1.74. The SMILES string of the molecule is C#CCCCC(NC)c1cccc(C(F)(F)F)c1. The van der Waals surface area contributed by atoms with Crippen LogP contribution in [0.25, 0.3) is 0 Å². The van der Waals surface area contributed by atoms with Gasteiger partial charge in [0.05, 0.1) is 5.56 Å². The largest absolute Gasteiger partial charge is 0.416 e. The van der Waals surface area contributed by atoms with Gasteiger partial charge in [-0.3, -0.25) is 0 Å². The van der Waals surface area contributed by atoms with Crippen molar-refractivity contribution in [2.24, 2.45) is 0 Å². The highest BCUT2D eigenvalue weighted by atomic mass is 19.4.